The molecule has 2 aromatic rings. The number of nitrogens with zero attached hydrogens (tertiary/aromatic N) is 5. The van der Waals surface area contributed by atoms with Gasteiger partial charge in [-0.2, -0.15) is 0 Å². The molecule has 142 valence electrons. The van der Waals surface area contributed by atoms with Crippen molar-refractivity contribution in [1.29, 1.82) is 0 Å². The first kappa shape index (κ1) is 17.1. The maximum atomic E-state index is 5.07. The lowest BCUT2D eigenvalue weighted by atomic mass is 10.00. The molecule has 0 N–H and O–H groups in total. The second-order valence-corrected chi connectivity index (χ2v) is 8.23. The SMILES string of the molecule is c1cncc(-c2nc3c(c(N4CCCC(N5CCCCC5)C4)n2)CCC3)c1. The summed E-state index contributed by atoms with van der Waals surface area (Å²) in [4.78, 5) is 19.5. The first-order chi connectivity index (χ1) is 13.4. The van der Waals surface area contributed by atoms with Gasteiger partial charge < -0.3 is 4.90 Å². The molecule has 5 rings (SSSR count). The van der Waals surface area contributed by atoms with E-state index in [4.69, 9.17) is 9.97 Å². The summed E-state index contributed by atoms with van der Waals surface area (Å²) in [7, 11) is 0. The lowest BCUT2D eigenvalue weighted by molar-refractivity contribution is 0.147. The molecular weight excluding hydrogens is 334 g/mol. The Bertz CT molecular complexity index is 785. The molecule has 2 aromatic heterocycles. The number of hydrogen-bond acceptors (Lipinski definition) is 5. The van der Waals surface area contributed by atoms with Gasteiger partial charge in [0.2, 0.25) is 0 Å². The fourth-order valence-corrected chi connectivity index (χ4v) is 5.03. The molecule has 0 aromatic carbocycles. The van der Waals surface area contributed by atoms with E-state index in [2.05, 4.69) is 20.9 Å². The highest BCUT2D eigenvalue weighted by atomic mass is 15.3. The standard InChI is InChI=1S/C22H29N5/c1-2-12-26(13-3-1)18-8-6-14-27(16-18)22-19-9-4-10-20(19)24-21(25-22)17-7-5-11-23-15-17/h5,7,11,15,18H,1-4,6,8-10,12-14,16H2. The van der Waals surface area contributed by atoms with Gasteiger partial charge >= 0.3 is 0 Å². The van der Waals surface area contributed by atoms with Crippen LogP contribution in [0.3, 0.4) is 0 Å². The summed E-state index contributed by atoms with van der Waals surface area (Å²) < 4.78 is 0. The first-order valence-electron chi connectivity index (χ1n) is 10.7. The van der Waals surface area contributed by atoms with Crippen molar-refractivity contribution in [2.24, 2.45) is 0 Å². The molecule has 1 unspecified atom stereocenters. The Kier molecular flexibility index (Phi) is 4.78. The van der Waals surface area contributed by atoms with E-state index in [0.717, 1.165) is 37.3 Å². The second kappa shape index (κ2) is 7.55. The quantitative estimate of drug-likeness (QED) is 0.835. The Labute approximate surface area is 161 Å². The predicted molar refractivity (Wildman–Crippen MR) is 108 cm³/mol. The molecule has 4 heterocycles. The second-order valence-electron chi connectivity index (χ2n) is 8.23. The Balaban J connectivity index is 1.46. The molecule has 3 aliphatic rings. The molecule has 5 heteroatoms. The zero-order chi connectivity index (χ0) is 18.1. The van der Waals surface area contributed by atoms with Crippen molar-refractivity contribution < 1.29 is 0 Å². The van der Waals surface area contributed by atoms with E-state index >= 15 is 0 Å². The fourth-order valence-electron chi connectivity index (χ4n) is 5.03. The van der Waals surface area contributed by atoms with Gasteiger partial charge in [0, 0.05) is 48.3 Å². The molecule has 0 amide bonds. The predicted octanol–water partition coefficient (Wildman–Crippen LogP) is 3.48. The zero-order valence-electron chi connectivity index (χ0n) is 16.1. The number of aryl methyl sites for hydroxylation is 1. The van der Waals surface area contributed by atoms with E-state index in [1.807, 2.05) is 18.5 Å². The van der Waals surface area contributed by atoms with E-state index in [9.17, 15) is 0 Å². The van der Waals surface area contributed by atoms with E-state index in [1.165, 1.54) is 68.7 Å². The average molecular weight is 364 g/mol. The fraction of sp³-hybridized carbons (Fsp3) is 0.591. The van der Waals surface area contributed by atoms with Gasteiger partial charge in [-0.05, 0) is 70.2 Å². The maximum Gasteiger partial charge on any atom is 0.163 e. The molecule has 0 saturated carbocycles. The van der Waals surface area contributed by atoms with E-state index < -0.39 is 0 Å². The number of fused-ring (bicyclic) bond motifs is 1. The maximum absolute atomic E-state index is 5.07. The molecule has 5 nitrogen and oxygen atoms in total. The van der Waals surface area contributed by atoms with E-state index in [-0.39, 0.29) is 0 Å². The van der Waals surface area contributed by atoms with Gasteiger partial charge in [0.05, 0.1) is 0 Å². The summed E-state index contributed by atoms with van der Waals surface area (Å²) >= 11 is 0. The number of aromatic nitrogens is 3. The molecule has 2 saturated heterocycles. The van der Waals surface area contributed by atoms with Crippen LogP contribution in [0.4, 0.5) is 5.82 Å². The molecule has 0 spiro atoms. The highest BCUT2D eigenvalue weighted by Gasteiger charge is 2.30. The summed E-state index contributed by atoms with van der Waals surface area (Å²) in [6, 6.07) is 4.73. The number of hydrogen-bond donors (Lipinski definition) is 0. The van der Waals surface area contributed by atoms with Crippen LogP contribution in [0.15, 0.2) is 24.5 Å². The molecule has 1 aliphatic carbocycles. The summed E-state index contributed by atoms with van der Waals surface area (Å²) in [6.45, 7) is 4.80. The summed E-state index contributed by atoms with van der Waals surface area (Å²) in [5.41, 5.74) is 3.69. The van der Waals surface area contributed by atoms with E-state index in [0.29, 0.717) is 6.04 Å². The number of rotatable bonds is 3. The Morgan fingerprint density at radius 1 is 0.926 bits per heavy atom. The minimum absolute atomic E-state index is 0.688. The highest BCUT2D eigenvalue weighted by molar-refractivity contribution is 5.61. The average Bonchev–Trinajstić information content (AvgIpc) is 3.23. The third kappa shape index (κ3) is 3.45. The molecule has 27 heavy (non-hydrogen) atoms. The third-order valence-electron chi connectivity index (χ3n) is 6.43. The first-order valence-corrected chi connectivity index (χ1v) is 10.7. The molecule has 0 radical (unpaired) electrons. The minimum Gasteiger partial charge on any atom is -0.355 e. The van der Waals surface area contributed by atoms with Gasteiger partial charge in [-0.15, -0.1) is 0 Å². The van der Waals surface area contributed by atoms with Crippen LogP contribution in [-0.4, -0.2) is 52.1 Å². The van der Waals surface area contributed by atoms with Crippen LogP contribution in [0.5, 0.6) is 0 Å². The van der Waals surface area contributed by atoms with Crippen molar-refractivity contribution >= 4 is 5.82 Å². The van der Waals surface area contributed by atoms with Crippen LogP contribution >= 0.6 is 0 Å². The zero-order valence-corrected chi connectivity index (χ0v) is 16.1. The third-order valence-corrected chi connectivity index (χ3v) is 6.43. The molecule has 1 atom stereocenters. The molecule has 2 aliphatic heterocycles. The summed E-state index contributed by atoms with van der Waals surface area (Å²) in [5, 5.41) is 0. The topological polar surface area (TPSA) is 45.2 Å². The van der Waals surface area contributed by atoms with Gasteiger partial charge in [0.1, 0.15) is 5.82 Å². The van der Waals surface area contributed by atoms with Gasteiger partial charge in [0.15, 0.2) is 5.82 Å². The van der Waals surface area contributed by atoms with Crippen LogP contribution in [0, 0.1) is 0 Å². The van der Waals surface area contributed by atoms with Crippen LogP contribution in [0.2, 0.25) is 0 Å². The number of pyridine rings is 1. The van der Waals surface area contributed by atoms with Crippen molar-refractivity contribution in [1.82, 2.24) is 19.9 Å². The van der Waals surface area contributed by atoms with Crippen LogP contribution < -0.4 is 4.90 Å². The lowest BCUT2D eigenvalue weighted by Gasteiger charge is -2.41. The monoisotopic (exact) mass is 363 g/mol. The highest BCUT2D eigenvalue weighted by Crippen LogP contribution is 2.33. The van der Waals surface area contributed by atoms with Crippen molar-refractivity contribution in [3.05, 3.63) is 35.8 Å². The van der Waals surface area contributed by atoms with Gasteiger partial charge in [-0.3, -0.25) is 9.88 Å². The lowest BCUT2D eigenvalue weighted by Crippen LogP contribution is -2.50. The van der Waals surface area contributed by atoms with Crippen LogP contribution in [0.25, 0.3) is 11.4 Å². The molecule has 0 bridgehead atoms. The smallest absolute Gasteiger partial charge is 0.163 e. The van der Waals surface area contributed by atoms with Crippen molar-refractivity contribution in [2.45, 2.75) is 57.4 Å². The van der Waals surface area contributed by atoms with Gasteiger partial charge in [-0.1, -0.05) is 6.42 Å². The van der Waals surface area contributed by atoms with Crippen molar-refractivity contribution in [2.75, 3.05) is 31.1 Å². The van der Waals surface area contributed by atoms with Gasteiger partial charge in [-0.25, -0.2) is 9.97 Å². The van der Waals surface area contributed by atoms with Crippen LogP contribution in [0.1, 0.15) is 49.8 Å². The molecular formula is C22H29N5. The van der Waals surface area contributed by atoms with Crippen molar-refractivity contribution in [3.8, 4) is 11.4 Å². The summed E-state index contributed by atoms with van der Waals surface area (Å²) in [6.07, 6.45) is 13.8. The number of likely N-dealkylation sites (tertiary alicyclic amines) is 1. The Morgan fingerprint density at radius 2 is 1.85 bits per heavy atom. The van der Waals surface area contributed by atoms with Crippen molar-refractivity contribution in [3.63, 3.8) is 0 Å². The Morgan fingerprint density at radius 3 is 2.70 bits per heavy atom. The summed E-state index contributed by atoms with van der Waals surface area (Å²) in [5.74, 6) is 2.05. The van der Waals surface area contributed by atoms with Gasteiger partial charge in [0.25, 0.3) is 0 Å². The molecule has 2 fully saturated rings. The number of piperidine rings is 2. The largest absolute Gasteiger partial charge is 0.355 e. The van der Waals surface area contributed by atoms with Crippen LogP contribution in [-0.2, 0) is 12.8 Å². The number of anilines is 1. The van der Waals surface area contributed by atoms with E-state index in [1.54, 1.807) is 0 Å². The normalized spacial score (nSPS) is 23.4. The minimum atomic E-state index is 0.688. The Hall–Kier alpha value is -2.01.